The maximum atomic E-state index is 11.2. The van der Waals surface area contributed by atoms with Gasteiger partial charge in [0.25, 0.3) is 0 Å². The van der Waals surface area contributed by atoms with Gasteiger partial charge in [0.05, 0.1) is 0 Å². The minimum absolute atomic E-state index is 0.273. The summed E-state index contributed by atoms with van der Waals surface area (Å²) in [5.74, 6) is -0.273. The van der Waals surface area contributed by atoms with E-state index < -0.39 is 6.29 Å². The van der Waals surface area contributed by atoms with Crippen LogP contribution in [-0.2, 0) is 9.53 Å². The fraction of sp³-hybridized carbons (Fsp3) is 0.929. The van der Waals surface area contributed by atoms with Gasteiger partial charge < -0.3 is 9.84 Å². The molecule has 1 atom stereocenters. The van der Waals surface area contributed by atoms with Crippen LogP contribution >= 0.6 is 0 Å². The van der Waals surface area contributed by atoms with Gasteiger partial charge in [-0.25, -0.2) is 0 Å². The van der Waals surface area contributed by atoms with Gasteiger partial charge in [0, 0.05) is 12.8 Å². The molecule has 17 heavy (non-hydrogen) atoms. The molecule has 102 valence electrons. The van der Waals surface area contributed by atoms with E-state index in [0.29, 0.717) is 12.8 Å². The summed E-state index contributed by atoms with van der Waals surface area (Å²) in [6.07, 6.45) is 9.68. The average molecular weight is 244 g/mol. The molecule has 0 aromatic carbocycles. The van der Waals surface area contributed by atoms with E-state index in [4.69, 9.17) is 9.84 Å². The normalized spacial score (nSPS) is 12.4. The van der Waals surface area contributed by atoms with Gasteiger partial charge in [0.2, 0.25) is 0 Å². The highest BCUT2D eigenvalue weighted by molar-refractivity contribution is 5.69. The lowest BCUT2D eigenvalue weighted by molar-refractivity contribution is -0.168. The Hall–Kier alpha value is -0.570. The third-order valence-electron chi connectivity index (χ3n) is 2.85. The number of carbonyl (C=O) groups is 1. The van der Waals surface area contributed by atoms with Gasteiger partial charge in [0.1, 0.15) is 0 Å². The van der Waals surface area contributed by atoms with Crippen LogP contribution in [-0.4, -0.2) is 17.4 Å². The van der Waals surface area contributed by atoms with E-state index in [2.05, 4.69) is 6.92 Å². The molecule has 0 fully saturated rings. The minimum atomic E-state index is -0.920. The number of aliphatic hydroxyl groups is 1. The molecule has 1 N–H and O–H groups in total. The standard InChI is InChI=1S/C14H28O3/c1-3-5-6-7-8-9-10-11-12-14(16)17-13(15)4-2/h13,15H,3-12H2,1-2H3. The monoisotopic (exact) mass is 244 g/mol. The zero-order valence-corrected chi connectivity index (χ0v) is 11.4. The van der Waals surface area contributed by atoms with Crippen molar-refractivity contribution in [2.24, 2.45) is 0 Å². The van der Waals surface area contributed by atoms with Crippen molar-refractivity contribution in [3.8, 4) is 0 Å². The summed E-state index contributed by atoms with van der Waals surface area (Å²) in [4.78, 5) is 11.2. The van der Waals surface area contributed by atoms with E-state index in [1.54, 1.807) is 6.92 Å². The van der Waals surface area contributed by atoms with Crippen molar-refractivity contribution in [1.29, 1.82) is 0 Å². The Morgan fingerprint density at radius 3 is 2.06 bits per heavy atom. The van der Waals surface area contributed by atoms with Gasteiger partial charge in [0.15, 0.2) is 6.29 Å². The lowest BCUT2D eigenvalue weighted by Gasteiger charge is -2.09. The summed E-state index contributed by atoms with van der Waals surface area (Å²) in [5, 5.41) is 9.11. The van der Waals surface area contributed by atoms with Crippen LogP contribution in [0.5, 0.6) is 0 Å². The van der Waals surface area contributed by atoms with Crippen molar-refractivity contribution in [2.75, 3.05) is 0 Å². The molecule has 0 saturated heterocycles. The molecule has 0 aliphatic rings. The molecule has 0 aliphatic heterocycles. The third kappa shape index (κ3) is 11.7. The van der Waals surface area contributed by atoms with Crippen LogP contribution in [0.15, 0.2) is 0 Å². The lowest BCUT2D eigenvalue weighted by Crippen LogP contribution is -2.16. The molecule has 0 saturated carbocycles. The average Bonchev–Trinajstić information content (AvgIpc) is 2.32. The summed E-state index contributed by atoms with van der Waals surface area (Å²) < 4.78 is 4.78. The zero-order chi connectivity index (χ0) is 12.9. The molecule has 0 rings (SSSR count). The van der Waals surface area contributed by atoms with Crippen LogP contribution in [0.25, 0.3) is 0 Å². The zero-order valence-electron chi connectivity index (χ0n) is 11.4. The number of esters is 1. The molecular weight excluding hydrogens is 216 g/mol. The summed E-state index contributed by atoms with van der Waals surface area (Å²) in [6, 6.07) is 0. The molecule has 0 aromatic heterocycles. The van der Waals surface area contributed by atoms with Gasteiger partial charge in [-0.05, 0) is 6.42 Å². The quantitative estimate of drug-likeness (QED) is 0.342. The first-order valence-electron chi connectivity index (χ1n) is 7.08. The molecule has 0 aliphatic carbocycles. The summed E-state index contributed by atoms with van der Waals surface area (Å²) in [5.41, 5.74) is 0. The number of unbranched alkanes of at least 4 members (excludes halogenated alkanes) is 7. The molecule has 0 heterocycles. The van der Waals surface area contributed by atoms with Crippen molar-refractivity contribution in [3.05, 3.63) is 0 Å². The van der Waals surface area contributed by atoms with E-state index in [9.17, 15) is 4.79 Å². The predicted molar refractivity (Wildman–Crippen MR) is 69.6 cm³/mol. The first-order chi connectivity index (χ1) is 8.20. The van der Waals surface area contributed by atoms with Crippen LogP contribution < -0.4 is 0 Å². The van der Waals surface area contributed by atoms with Crippen LogP contribution in [0.1, 0.15) is 78.1 Å². The Labute approximate surface area is 106 Å². The van der Waals surface area contributed by atoms with Gasteiger partial charge in [-0.15, -0.1) is 0 Å². The molecule has 3 heteroatoms. The topological polar surface area (TPSA) is 46.5 Å². The van der Waals surface area contributed by atoms with E-state index in [1.165, 1.54) is 38.5 Å². The highest BCUT2D eigenvalue weighted by Gasteiger charge is 2.07. The minimum Gasteiger partial charge on any atom is -0.436 e. The van der Waals surface area contributed by atoms with Gasteiger partial charge in [-0.2, -0.15) is 0 Å². The molecule has 1 unspecified atom stereocenters. The maximum absolute atomic E-state index is 11.2. The first kappa shape index (κ1) is 16.4. The third-order valence-corrected chi connectivity index (χ3v) is 2.85. The molecule has 0 bridgehead atoms. The maximum Gasteiger partial charge on any atom is 0.308 e. The fourth-order valence-electron chi connectivity index (χ4n) is 1.70. The fourth-order valence-corrected chi connectivity index (χ4v) is 1.70. The van der Waals surface area contributed by atoms with E-state index in [-0.39, 0.29) is 5.97 Å². The van der Waals surface area contributed by atoms with Gasteiger partial charge in [-0.3, -0.25) is 4.79 Å². The second kappa shape index (κ2) is 11.9. The summed E-state index contributed by atoms with van der Waals surface area (Å²) >= 11 is 0. The van der Waals surface area contributed by atoms with E-state index in [1.807, 2.05) is 0 Å². The molecule has 0 radical (unpaired) electrons. The molecule has 0 spiro atoms. The number of rotatable bonds is 11. The Balaban J connectivity index is 3.19. The number of carbonyl (C=O) groups excluding carboxylic acids is 1. The van der Waals surface area contributed by atoms with Crippen molar-refractivity contribution in [3.63, 3.8) is 0 Å². The van der Waals surface area contributed by atoms with Gasteiger partial charge >= 0.3 is 5.97 Å². The Bertz CT molecular complexity index is 180. The SMILES string of the molecule is CCCCCCCCCCC(=O)OC(O)CC. The predicted octanol–water partition coefficient (Wildman–Crippen LogP) is 3.79. The highest BCUT2D eigenvalue weighted by Crippen LogP contribution is 2.10. The van der Waals surface area contributed by atoms with Crippen LogP contribution in [0.4, 0.5) is 0 Å². The van der Waals surface area contributed by atoms with Crippen LogP contribution in [0, 0.1) is 0 Å². The van der Waals surface area contributed by atoms with Crippen molar-refractivity contribution in [2.45, 2.75) is 84.3 Å². The van der Waals surface area contributed by atoms with Crippen LogP contribution in [0.3, 0.4) is 0 Å². The number of hydrogen-bond acceptors (Lipinski definition) is 3. The summed E-state index contributed by atoms with van der Waals surface area (Å²) in [6.45, 7) is 4.00. The smallest absolute Gasteiger partial charge is 0.308 e. The Morgan fingerprint density at radius 1 is 1.00 bits per heavy atom. The number of aliphatic hydroxyl groups excluding tert-OH is 1. The number of ether oxygens (including phenoxy) is 1. The lowest BCUT2D eigenvalue weighted by atomic mass is 10.1. The molecule has 0 aromatic rings. The van der Waals surface area contributed by atoms with Gasteiger partial charge in [-0.1, -0.05) is 58.8 Å². The van der Waals surface area contributed by atoms with Crippen LogP contribution in [0.2, 0.25) is 0 Å². The first-order valence-corrected chi connectivity index (χ1v) is 7.08. The number of hydrogen-bond donors (Lipinski definition) is 1. The molecule has 0 amide bonds. The van der Waals surface area contributed by atoms with Crippen molar-refractivity contribution < 1.29 is 14.6 Å². The second-order valence-corrected chi connectivity index (χ2v) is 4.58. The molecule has 3 nitrogen and oxygen atoms in total. The van der Waals surface area contributed by atoms with Crippen molar-refractivity contribution >= 4 is 5.97 Å². The second-order valence-electron chi connectivity index (χ2n) is 4.58. The summed E-state index contributed by atoms with van der Waals surface area (Å²) in [7, 11) is 0. The Kier molecular flexibility index (Phi) is 11.5. The van der Waals surface area contributed by atoms with Crippen molar-refractivity contribution in [1.82, 2.24) is 0 Å². The highest BCUT2D eigenvalue weighted by atomic mass is 16.6. The molecular formula is C14H28O3. The Morgan fingerprint density at radius 2 is 1.53 bits per heavy atom. The largest absolute Gasteiger partial charge is 0.436 e. The van der Waals surface area contributed by atoms with E-state index >= 15 is 0 Å². The van der Waals surface area contributed by atoms with E-state index in [0.717, 1.165) is 12.8 Å².